The van der Waals surface area contributed by atoms with Crippen LogP contribution in [0.5, 0.6) is 0 Å². The Morgan fingerprint density at radius 2 is 0.691 bits per heavy atom. The molecule has 46 nitrogen and oxygen atoms in total. The van der Waals surface area contributed by atoms with Crippen LogP contribution in [-0.2, 0) is 72.8 Å². The van der Waals surface area contributed by atoms with E-state index in [1.165, 1.54) is 10.6 Å². The maximum Gasteiger partial charge on any atom is 0.349 e. The molecule has 0 fully saturated rings. The molecule has 46 heteroatoms. The van der Waals surface area contributed by atoms with Crippen LogP contribution in [0, 0.1) is 0 Å². The van der Waals surface area contributed by atoms with E-state index in [9.17, 15) is 47.9 Å². The molecule has 7 atom stereocenters. The van der Waals surface area contributed by atoms with Crippen molar-refractivity contribution < 1.29 is 33.6 Å². The molecule has 0 saturated heterocycles. The van der Waals surface area contributed by atoms with Crippen molar-refractivity contribution in [2.45, 2.75) is 101 Å². The summed E-state index contributed by atoms with van der Waals surface area (Å²) in [6, 6.07) is -9.30. The van der Waals surface area contributed by atoms with Gasteiger partial charge in [-0.1, -0.05) is 0 Å². The van der Waals surface area contributed by atoms with Gasteiger partial charge in [0.05, 0.1) is 51.7 Å². The van der Waals surface area contributed by atoms with Crippen molar-refractivity contribution in [3.63, 3.8) is 0 Å². The Labute approximate surface area is 538 Å². The number of H-pyrrole nitrogens is 3. The van der Waals surface area contributed by atoms with E-state index in [0.717, 1.165) is 72.5 Å². The maximum absolute atomic E-state index is 15.3. The van der Waals surface area contributed by atoms with Crippen molar-refractivity contribution in [2.24, 2.45) is 17.2 Å². The number of amides is 7. The lowest BCUT2D eigenvalue weighted by Gasteiger charge is -2.28. The Bertz CT molecular complexity index is 4910. The highest BCUT2D eigenvalue weighted by Crippen LogP contribution is 2.13. The number of rotatable bonds is 29. The molecule has 0 unspecified atom stereocenters. The number of carbonyl (C=O) groups excluding carboxylic acids is 7. The number of primary amides is 1. The Balaban J connectivity index is 1.09. The number of carbonyl (C=O) groups is 7. The molecule has 0 bridgehead atoms. The SMILES string of the molecule is NCCCC[C@@H](NC(=O)[C@@H](Cn1ccc(N)nc1=O)NC(=O)[C@@H](Cn1ccc(N)nc1=O)NC(=O)[C@@H](Cn1cnc2c(=O)[nH]c(N)nc21)NC(=O)[C@@H](Cn1ccc(N)nc1=O)NC(=O)[C@@H](Cn1cnc2c(=O)[nH]c(N)nc21)NC(=O)[C@H](N)Cn1cnc2c(=O)[nH]c(N)nc21)C(N)=O. The zero-order chi connectivity index (χ0) is 70.1. The van der Waals surface area contributed by atoms with Crippen LogP contribution in [0.2, 0.25) is 0 Å². The first-order chi connectivity index (χ1) is 46.1. The predicted octanol–water partition coefficient (Wildman–Crippen LogP) is -11.5. The molecule has 0 aliphatic heterocycles. The highest BCUT2D eigenvalue weighted by atomic mass is 16.2. The molecule has 0 aliphatic rings. The molecular formula is C51H63N33O13. The summed E-state index contributed by atoms with van der Waals surface area (Å²) in [4.78, 5) is 223. The molecule has 0 saturated carbocycles. The van der Waals surface area contributed by atoms with E-state index in [-0.39, 0.29) is 75.8 Å². The van der Waals surface area contributed by atoms with E-state index in [2.05, 4.69) is 91.7 Å². The number of anilines is 6. The summed E-state index contributed by atoms with van der Waals surface area (Å²) in [5.74, 6) is -10.2. The monoisotopic (exact) mass is 1350 g/mol. The average molecular weight is 1350 g/mol. The number of imidazole rings is 3. The Hall–Kier alpha value is -13.3. The summed E-state index contributed by atoms with van der Waals surface area (Å²) in [7, 11) is 0. The van der Waals surface area contributed by atoms with E-state index in [4.69, 9.17) is 51.6 Å². The van der Waals surface area contributed by atoms with Crippen molar-refractivity contribution in [3.8, 4) is 0 Å². The lowest BCUT2D eigenvalue weighted by molar-refractivity contribution is -0.136. The lowest BCUT2D eigenvalue weighted by Crippen LogP contribution is -2.62. The zero-order valence-corrected chi connectivity index (χ0v) is 50.5. The van der Waals surface area contributed by atoms with Crippen LogP contribution < -0.4 is 117 Å². The van der Waals surface area contributed by atoms with Crippen molar-refractivity contribution in [1.29, 1.82) is 0 Å². The Kier molecular flexibility index (Phi) is 20.4. The molecule has 97 heavy (non-hydrogen) atoms. The topological polar surface area (TPSA) is 721 Å². The van der Waals surface area contributed by atoms with E-state index in [1.807, 2.05) is 0 Å². The van der Waals surface area contributed by atoms with Gasteiger partial charge in [0.25, 0.3) is 16.7 Å². The van der Waals surface area contributed by atoms with Gasteiger partial charge in [-0.15, -0.1) is 0 Å². The second kappa shape index (κ2) is 29.1. The van der Waals surface area contributed by atoms with Crippen molar-refractivity contribution in [1.82, 2.24) is 119 Å². The number of nitrogen functional groups attached to an aromatic ring is 6. The van der Waals surface area contributed by atoms with Crippen LogP contribution >= 0.6 is 0 Å². The Morgan fingerprint density at radius 3 is 0.990 bits per heavy atom. The number of aromatic amines is 3. The third kappa shape index (κ3) is 16.3. The molecule has 9 aromatic rings. The number of nitrogens with two attached hydrogens (primary N) is 9. The first-order valence-corrected chi connectivity index (χ1v) is 28.8. The Morgan fingerprint density at radius 1 is 0.402 bits per heavy atom. The van der Waals surface area contributed by atoms with Gasteiger partial charge in [-0.05, 0) is 44.0 Å². The molecule has 0 spiro atoms. The number of hydrogen-bond acceptors (Lipinski definition) is 30. The third-order valence-electron chi connectivity index (χ3n) is 14.6. The van der Waals surface area contributed by atoms with Gasteiger partial charge in [-0.3, -0.25) is 76.6 Å². The van der Waals surface area contributed by atoms with Gasteiger partial charge >= 0.3 is 17.1 Å². The maximum atomic E-state index is 15.3. The lowest BCUT2D eigenvalue weighted by atomic mass is 10.1. The van der Waals surface area contributed by atoms with E-state index in [1.54, 1.807) is 0 Å². The summed E-state index contributed by atoms with van der Waals surface area (Å²) in [6.07, 6.45) is 7.26. The first kappa shape index (κ1) is 68.1. The fourth-order valence-corrected chi connectivity index (χ4v) is 9.72. The van der Waals surface area contributed by atoms with Crippen molar-refractivity contribution in [3.05, 3.63) is 118 Å². The zero-order valence-electron chi connectivity index (χ0n) is 50.5. The minimum absolute atomic E-state index is 0.0140. The summed E-state index contributed by atoms with van der Waals surface area (Å²) in [5.41, 5.74) is 45.7. The number of hydrogen-bond donors (Lipinski definition) is 18. The van der Waals surface area contributed by atoms with E-state index < -0.39 is 163 Å². The van der Waals surface area contributed by atoms with Crippen molar-refractivity contribution >= 4 is 110 Å². The molecule has 9 heterocycles. The van der Waals surface area contributed by atoms with Crippen LogP contribution in [0.1, 0.15) is 19.3 Å². The third-order valence-corrected chi connectivity index (χ3v) is 14.6. The highest BCUT2D eigenvalue weighted by Gasteiger charge is 2.36. The molecule has 7 amide bonds. The smallest absolute Gasteiger partial charge is 0.349 e. The second-order valence-electron chi connectivity index (χ2n) is 21.6. The number of nitrogens with zero attached hydrogens (tertiary/aromatic N) is 15. The summed E-state index contributed by atoms with van der Waals surface area (Å²) < 4.78 is 5.94. The van der Waals surface area contributed by atoms with E-state index in [0.29, 0.717) is 12.8 Å². The quantitative estimate of drug-likeness (QED) is 0.0194. The van der Waals surface area contributed by atoms with Crippen molar-refractivity contribution in [2.75, 3.05) is 40.9 Å². The van der Waals surface area contributed by atoms with Crippen LogP contribution in [0.15, 0.2) is 84.5 Å². The normalized spacial score (nSPS) is 13.6. The number of aromatic nitrogens is 18. The standard InChI is InChI=1S/C51H63N33O13/c52-7-2-1-3-21(33(57)85)64-38(87)22(12-79-8-4-27(54)70-49(79)95)66-39(88)23(13-80-9-5-28(55)71-50(80)96)68-42(91)26(16-84-19-63-32-36(84)75-48(60)78-45(32)94)69-40(89)24(14-81-10-6-29(56)72-51(81)97)67-41(90)25(15-83-18-62-31-35(83)74-47(59)77-44(31)93)65-37(86)20(53)11-82-17-61-30-34(82)73-46(58)76-43(30)92/h4-6,8-10,17-26H,1-3,7,11-16,52-53H2,(H2,57,85)(H,64,87)(H,65,86)(H,66,88)(H,67,90)(H,68,91)(H,69,89)(H2,54,70,95)(H2,55,71,96)(H2,56,72,97)(H3,58,73,76,92)(H3,59,74,77,93)(H3,60,75,78,94)/t20-,21-,22-,23-,24-,25-,26-/m1/s1. The van der Waals surface area contributed by atoms with Gasteiger partial charge < -0.3 is 97.2 Å². The second-order valence-corrected chi connectivity index (χ2v) is 21.6. The minimum atomic E-state index is -2.06. The van der Waals surface area contributed by atoms with Gasteiger partial charge in [0.1, 0.15) is 59.7 Å². The summed E-state index contributed by atoms with van der Waals surface area (Å²) in [6.45, 7) is -4.12. The number of unbranched alkanes of at least 4 members (excludes halogenated alkanes) is 1. The molecule has 0 aliphatic carbocycles. The van der Waals surface area contributed by atoms with Gasteiger partial charge in [0, 0.05) is 25.1 Å². The number of nitrogens with one attached hydrogen (secondary N) is 9. The summed E-state index contributed by atoms with van der Waals surface area (Å²) >= 11 is 0. The van der Waals surface area contributed by atoms with Crippen LogP contribution in [0.4, 0.5) is 35.3 Å². The van der Waals surface area contributed by atoms with Gasteiger partial charge in [-0.2, -0.15) is 29.9 Å². The van der Waals surface area contributed by atoms with Gasteiger partial charge in [-0.25, -0.2) is 29.3 Å². The van der Waals surface area contributed by atoms with E-state index >= 15 is 14.4 Å². The largest absolute Gasteiger partial charge is 0.383 e. The highest BCUT2D eigenvalue weighted by molar-refractivity contribution is 5.97. The fraction of sp³-hybridized carbons (Fsp3) is 0.333. The fourth-order valence-electron chi connectivity index (χ4n) is 9.72. The molecule has 0 radical (unpaired) electrons. The van der Waals surface area contributed by atoms with Crippen LogP contribution in [-0.4, -0.2) is 177 Å². The molecule has 27 N–H and O–H groups in total. The molecule has 9 rings (SSSR count). The first-order valence-electron chi connectivity index (χ1n) is 28.8. The summed E-state index contributed by atoms with van der Waals surface area (Å²) in [5, 5.41) is 14.7. The van der Waals surface area contributed by atoms with Crippen LogP contribution in [0.25, 0.3) is 33.5 Å². The molecule has 510 valence electrons. The number of fused-ring (bicyclic) bond motifs is 3. The molecule has 0 aromatic carbocycles. The van der Waals surface area contributed by atoms with Crippen LogP contribution in [0.3, 0.4) is 0 Å². The van der Waals surface area contributed by atoms with Gasteiger partial charge in [0.15, 0.2) is 33.5 Å². The van der Waals surface area contributed by atoms with Gasteiger partial charge in [0.2, 0.25) is 59.2 Å². The predicted molar refractivity (Wildman–Crippen MR) is 338 cm³/mol. The molecule has 9 aromatic heterocycles. The minimum Gasteiger partial charge on any atom is -0.383 e. The average Bonchev–Trinajstić information content (AvgIpc) is 1.68. The molecular weight excluding hydrogens is 1280 g/mol.